The van der Waals surface area contributed by atoms with Crippen LogP contribution in [0.15, 0.2) is 12.4 Å². The van der Waals surface area contributed by atoms with Crippen molar-refractivity contribution in [1.29, 1.82) is 0 Å². The summed E-state index contributed by atoms with van der Waals surface area (Å²) >= 11 is 0. The Labute approximate surface area is 134 Å². The molecular weight excluding hydrogens is 302 g/mol. The van der Waals surface area contributed by atoms with Crippen LogP contribution in [-0.2, 0) is 9.47 Å². The SMILES string of the molecule is COc1cncc(OC2CCN(C(=O)OC3CCOCC3)C2)n1. The van der Waals surface area contributed by atoms with E-state index >= 15 is 0 Å². The predicted molar refractivity (Wildman–Crippen MR) is 79.5 cm³/mol. The smallest absolute Gasteiger partial charge is 0.410 e. The molecule has 8 heteroatoms. The quantitative estimate of drug-likeness (QED) is 0.824. The maximum absolute atomic E-state index is 12.2. The highest BCUT2D eigenvalue weighted by Crippen LogP contribution is 2.20. The van der Waals surface area contributed by atoms with Gasteiger partial charge in [0, 0.05) is 25.8 Å². The molecule has 2 saturated heterocycles. The van der Waals surface area contributed by atoms with Crippen molar-refractivity contribution in [3.8, 4) is 11.8 Å². The van der Waals surface area contributed by atoms with Crippen molar-refractivity contribution in [2.45, 2.75) is 31.5 Å². The Morgan fingerprint density at radius 3 is 2.78 bits per heavy atom. The Balaban J connectivity index is 1.48. The van der Waals surface area contributed by atoms with Crippen LogP contribution in [0, 0.1) is 0 Å². The van der Waals surface area contributed by atoms with Gasteiger partial charge in [-0.15, -0.1) is 0 Å². The highest BCUT2D eigenvalue weighted by atomic mass is 16.6. The molecule has 3 heterocycles. The van der Waals surface area contributed by atoms with E-state index in [0.717, 1.165) is 19.3 Å². The molecule has 0 bridgehead atoms. The van der Waals surface area contributed by atoms with Gasteiger partial charge < -0.3 is 23.8 Å². The van der Waals surface area contributed by atoms with E-state index in [9.17, 15) is 4.79 Å². The first-order valence-electron chi connectivity index (χ1n) is 7.80. The Hall–Kier alpha value is -2.09. The van der Waals surface area contributed by atoms with Crippen LogP contribution in [0.5, 0.6) is 11.8 Å². The molecular formula is C15H21N3O5. The predicted octanol–water partition coefficient (Wildman–Crippen LogP) is 1.25. The number of ether oxygens (including phenoxy) is 4. The first-order chi connectivity index (χ1) is 11.2. The molecule has 0 aliphatic carbocycles. The zero-order valence-electron chi connectivity index (χ0n) is 13.1. The summed E-state index contributed by atoms with van der Waals surface area (Å²) in [5, 5.41) is 0. The molecule has 2 aliphatic heterocycles. The number of nitrogens with zero attached hydrogens (tertiary/aromatic N) is 3. The van der Waals surface area contributed by atoms with E-state index in [-0.39, 0.29) is 18.3 Å². The fourth-order valence-corrected chi connectivity index (χ4v) is 2.66. The summed E-state index contributed by atoms with van der Waals surface area (Å²) in [5.74, 6) is 0.797. The van der Waals surface area contributed by atoms with Gasteiger partial charge in [-0.25, -0.2) is 4.79 Å². The molecule has 2 fully saturated rings. The minimum atomic E-state index is -0.278. The number of carbonyl (C=O) groups excluding carboxylic acids is 1. The Kier molecular flexibility index (Phi) is 5.12. The number of amides is 1. The number of aromatic nitrogens is 2. The van der Waals surface area contributed by atoms with Crippen molar-refractivity contribution in [3.63, 3.8) is 0 Å². The monoisotopic (exact) mass is 323 g/mol. The second-order valence-corrected chi connectivity index (χ2v) is 5.57. The highest BCUT2D eigenvalue weighted by molar-refractivity contribution is 5.68. The summed E-state index contributed by atoms with van der Waals surface area (Å²) in [5.41, 5.74) is 0. The number of rotatable bonds is 4. The van der Waals surface area contributed by atoms with Gasteiger partial charge >= 0.3 is 6.09 Å². The summed E-state index contributed by atoms with van der Waals surface area (Å²) < 4.78 is 21.6. The lowest BCUT2D eigenvalue weighted by Gasteiger charge is -2.25. The average molecular weight is 323 g/mol. The van der Waals surface area contributed by atoms with Crippen LogP contribution in [0.1, 0.15) is 19.3 Å². The lowest BCUT2D eigenvalue weighted by molar-refractivity contribution is -0.00899. The fraction of sp³-hybridized carbons (Fsp3) is 0.667. The second-order valence-electron chi connectivity index (χ2n) is 5.57. The van der Waals surface area contributed by atoms with Gasteiger partial charge in [0.15, 0.2) is 0 Å². The van der Waals surface area contributed by atoms with Crippen LogP contribution in [-0.4, -0.2) is 66.6 Å². The number of methoxy groups -OCH3 is 1. The Morgan fingerprint density at radius 1 is 1.22 bits per heavy atom. The van der Waals surface area contributed by atoms with Gasteiger partial charge in [-0.2, -0.15) is 4.98 Å². The Morgan fingerprint density at radius 2 is 2.00 bits per heavy atom. The van der Waals surface area contributed by atoms with Crippen LogP contribution in [0.3, 0.4) is 0 Å². The van der Waals surface area contributed by atoms with Crippen LogP contribution in [0.25, 0.3) is 0 Å². The fourth-order valence-electron chi connectivity index (χ4n) is 2.66. The zero-order chi connectivity index (χ0) is 16.1. The van der Waals surface area contributed by atoms with Crippen LogP contribution >= 0.6 is 0 Å². The van der Waals surface area contributed by atoms with Crippen LogP contribution in [0.4, 0.5) is 4.79 Å². The van der Waals surface area contributed by atoms with Gasteiger partial charge in [-0.05, 0) is 0 Å². The molecule has 2 aliphatic rings. The van der Waals surface area contributed by atoms with Gasteiger partial charge in [-0.1, -0.05) is 0 Å². The van der Waals surface area contributed by atoms with Crippen molar-refractivity contribution in [2.24, 2.45) is 0 Å². The normalized spacial score (nSPS) is 22.0. The first-order valence-corrected chi connectivity index (χ1v) is 7.80. The van der Waals surface area contributed by atoms with Crippen molar-refractivity contribution in [3.05, 3.63) is 12.4 Å². The summed E-state index contributed by atoms with van der Waals surface area (Å²) in [7, 11) is 1.53. The number of carbonyl (C=O) groups is 1. The van der Waals surface area contributed by atoms with Crippen molar-refractivity contribution in [1.82, 2.24) is 14.9 Å². The van der Waals surface area contributed by atoms with Crippen molar-refractivity contribution >= 4 is 6.09 Å². The maximum atomic E-state index is 12.2. The third kappa shape index (κ3) is 4.22. The summed E-state index contributed by atoms with van der Waals surface area (Å²) in [6, 6.07) is 0. The lowest BCUT2D eigenvalue weighted by Crippen LogP contribution is -2.36. The molecule has 0 radical (unpaired) electrons. The number of likely N-dealkylation sites (tertiary alicyclic amines) is 1. The molecule has 1 amide bonds. The second kappa shape index (κ2) is 7.45. The number of hydrogen-bond donors (Lipinski definition) is 0. The molecule has 0 spiro atoms. The summed E-state index contributed by atoms with van der Waals surface area (Å²) in [4.78, 5) is 22.0. The topological polar surface area (TPSA) is 83.0 Å². The molecule has 1 unspecified atom stereocenters. The van der Waals surface area contributed by atoms with Gasteiger partial charge in [0.25, 0.3) is 0 Å². The lowest BCUT2D eigenvalue weighted by atomic mass is 10.2. The van der Waals surface area contributed by atoms with E-state index in [1.165, 1.54) is 19.5 Å². The maximum Gasteiger partial charge on any atom is 0.410 e. The standard InChI is InChI=1S/C15H21N3O5/c1-20-13-8-16-9-14(17-13)22-12-2-5-18(10-12)15(19)23-11-3-6-21-7-4-11/h8-9,11-12H,2-7,10H2,1H3. The molecule has 1 aromatic heterocycles. The van der Waals surface area contributed by atoms with E-state index in [1.807, 2.05) is 0 Å². The van der Waals surface area contributed by atoms with E-state index < -0.39 is 0 Å². The van der Waals surface area contributed by atoms with Gasteiger partial charge in [0.2, 0.25) is 11.8 Å². The number of hydrogen-bond acceptors (Lipinski definition) is 7. The van der Waals surface area contributed by atoms with Gasteiger partial charge in [0.05, 0.1) is 39.3 Å². The third-order valence-corrected chi connectivity index (χ3v) is 3.93. The molecule has 1 atom stereocenters. The molecule has 126 valence electrons. The molecule has 3 rings (SSSR count). The summed E-state index contributed by atoms with van der Waals surface area (Å²) in [6.45, 7) is 2.40. The van der Waals surface area contributed by atoms with Gasteiger partial charge in [-0.3, -0.25) is 4.98 Å². The van der Waals surface area contributed by atoms with E-state index in [2.05, 4.69) is 9.97 Å². The summed E-state index contributed by atoms with van der Waals surface area (Å²) in [6.07, 6.45) is 4.88. The van der Waals surface area contributed by atoms with Crippen LogP contribution in [0.2, 0.25) is 0 Å². The van der Waals surface area contributed by atoms with Crippen LogP contribution < -0.4 is 9.47 Å². The molecule has 0 saturated carbocycles. The van der Waals surface area contributed by atoms with Gasteiger partial charge in [0.1, 0.15) is 12.2 Å². The molecule has 0 aromatic carbocycles. The van der Waals surface area contributed by atoms with E-state index in [1.54, 1.807) is 4.90 Å². The minimum absolute atomic E-state index is 0.0412. The zero-order valence-corrected chi connectivity index (χ0v) is 13.1. The van der Waals surface area contributed by atoms with Crippen molar-refractivity contribution in [2.75, 3.05) is 33.4 Å². The average Bonchev–Trinajstić information content (AvgIpc) is 3.04. The minimum Gasteiger partial charge on any atom is -0.480 e. The van der Waals surface area contributed by atoms with E-state index in [4.69, 9.17) is 18.9 Å². The molecule has 8 nitrogen and oxygen atoms in total. The molecule has 23 heavy (non-hydrogen) atoms. The molecule has 1 aromatic rings. The highest BCUT2D eigenvalue weighted by Gasteiger charge is 2.30. The van der Waals surface area contributed by atoms with Crippen molar-refractivity contribution < 1.29 is 23.7 Å². The molecule has 0 N–H and O–H groups in total. The Bertz CT molecular complexity index is 536. The first kappa shape index (κ1) is 15.8. The third-order valence-electron chi connectivity index (χ3n) is 3.93. The van der Waals surface area contributed by atoms with E-state index in [0.29, 0.717) is 38.1 Å². The largest absolute Gasteiger partial charge is 0.480 e.